The van der Waals surface area contributed by atoms with Gasteiger partial charge in [-0.15, -0.1) is 5.10 Å². The molecule has 2 aromatic rings. The quantitative estimate of drug-likeness (QED) is 0.530. The number of hydrogen-bond donors (Lipinski definition) is 0. The molecule has 0 saturated carbocycles. The van der Waals surface area contributed by atoms with Gasteiger partial charge < -0.3 is 0 Å². The summed E-state index contributed by atoms with van der Waals surface area (Å²) < 4.78 is 1.73. The summed E-state index contributed by atoms with van der Waals surface area (Å²) in [7, 11) is 1.86. The first-order valence-electron chi connectivity index (χ1n) is 3.04. The number of aromatic nitrogens is 3. The first-order valence-corrected chi connectivity index (χ1v) is 3.04. The molecule has 3 nitrogen and oxygen atoms in total. The monoisotopic (exact) mass is 132 g/mol. The van der Waals surface area contributed by atoms with Crippen LogP contribution in [0.5, 0.6) is 0 Å². The molecule has 0 spiro atoms. The molecule has 10 heavy (non-hydrogen) atoms. The summed E-state index contributed by atoms with van der Waals surface area (Å²) in [5.74, 6) is 0. The Hall–Kier alpha value is -1.38. The van der Waals surface area contributed by atoms with E-state index in [1.165, 1.54) is 0 Å². The van der Waals surface area contributed by atoms with Crippen LogP contribution in [0.25, 0.3) is 11.0 Å². The van der Waals surface area contributed by atoms with Gasteiger partial charge in [0.1, 0.15) is 5.52 Å². The van der Waals surface area contributed by atoms with E-state index < -0.39 is 0 Å². The molecule has 0 saturated heterocycles. The fourth-order valence-corrected chi connectivity index (χ4v) is 0.920. The summed E-state index contributed by atoms with van der Waals surface area (Å²) in [6.07, 6.45) is 0. The fourth-order valence-electron chi connectivity index (χ4n) is 0.920. The molecule has 3 heteroatoms. The second kappa shape index (κ2) is 1.80. The highest BCUT2D eigenvalue weighted by molar-refractivity contribution is 5.72. The largest absolute Gasteiger partial charge is 0.248 e. The first kappa shape index (κ1) is 5.41. The molecule has 1 heterocycles. The van der Waals surface area contributed by atoms with Gasteiger partial charge >= 0.3 is 0 Å². The third kappa shape index (κ3) is 0.603. The minimum Gasteiger partial charge on any atom is -0.248 e. The number of fused-ring (bicyclic) bond motifs is 1. The van der Waals surface area contributed by atoms with E-state index in [-0.39, 0.29) is 0 Å². The van der Waals surface area contributed by atoms with E-state index in [4.69, 9.17) is 0 Å². The third-order valence-corrected chi connectivity index (χ3v) is 1.44. The maximum Gasteiger partial charge on any atom is 0.121 e. The molecule has 0 atom stereocenters. The summed E-state index contributed by atoms with van der Waals surface area (Å²) >= 11 is 0. The molecule has 0 aliphatic carbocycles. The zero-order valence-electron chi connectivity index (χ0n) is 5.57. The molecule has 0 aliphatic rings. The van der Waals surface area contributed by atoms with Gasteiger partial charge in [0.25, 0.3) is 0 Å². The van der Waals surface area contributed by atoms with E-state index in [1.807, 2.05) is 25.2 Å². The molecule has 0 aliphatic heterocycles. The molecular formula is C7H6N3. The van der Waals surface area contributed by atoms with E-state index in [0.717, 1.165) is 11.0 Å². The van der Waals surface area contributed by atoms with Crippen molar-refractivity contribution in [1.82, 2.24) is 15.0 Å². The van der Waals surface area contributed by atoms with Crippen molar-refractivity contribution in [1.29, 1.82) is 0 Å². The lowest BCUT2D eigenvalue weighted by atomic mass is 10.3. The molecule has 0 bridgehead atoms. The summed E-state index contributed by atoms with van der Waals surface area (Å²) in [4.78, 5) is 0. The summed E-state index contributed by atoms with van der Waals surface area (Å²) in [5, 5.41) is 7.71. The van der Waals surface area contributed by atoms with Gasteiger partial charge in [-0.05, 0) is 6.07 Å². The molecule has 1 radical (unpaired) electrons. The molecule has 0 amide bonds. The van der Waals surface area contributed by atoms with Crippen LogP contribution in [0.1, 0.15) is 0 Å². The lowest BCUT2D eigenvalue weighted by Gasteiger charge is -1.86. The Morgan fingerprint density at radius 3 is 3.30 bits per heavy atom. The number of nitrogens with zero attached hydrogens (tertiary/aromatic N) is 3. The highest BCUT2D eigenvalue weighted by atomic mass is 15.4. The summed E-state index contributed by atoms with van der Waals surface area (Å²) in [5.41, 5.74) is 1.84. The highest BCUT2D eigenvalue weighted by Gasteiger charge is 1.96. The van der Waals surface area contributed by atoms with Crippen molar-refractivity contribution in [3.05, 3.63) is 24.3 Å². The fraction of sp³-hybridized carbons (Fsp3) is 0.143. The molecule has 1 aromatic heterocycles. The second-order valence-electron chi connectivity index (χ2n) is 2.12. The van der Waals surface area contributed by atoms with Crippen LogP contribution in [-0.4, -0.2) is 15.0 Å². The van der Waals surface area contributed by atoms with Crippen molar-refractivity contribution in [2.45, 2.75) is 0 Å². The van der Waals surface area contributed by atoms with E-state index in [0.29, 0.717) is 0 Å². The van der Waals surface area contributed by atoms with Crippen molar-refractivity contribution in [3.63, 3.8) is 0 Å². The smallest absolute Gasteiger partial charge is 0.121 e. The predicted molar refractivity (Wildman–Crippen MR) is 37.3 cm³/mol. The van der Waals surface area contributed by atoms with Crippen LogP contribution in [0.3, 0.4) is 0 Å². The van der Waals surface area contributed by atoms with Crippen molar-refractivity contribution in [2.24, 2.45) is 7.05 Å². The Balaban J connectivity index is 2.93. The van der Waals surface area contributed by atoms with Crippen LogP contribution >= 0.6 is 0 Å². The minimum atomic E-state index is 0.824. The van der Waals surface area contributed by atoms with Crippen molar-refractivity contribution < 1.29 is 0 Å². The van der Waals surface area contributed by atoms with E-state index in [2.05, 4.69) is 16.4 Å². The summed E-state index contributed by atoms with van der Waals surface area (Å²) in [6, 6.07) is 8.69. The molecular weight excluding hydrogens is 126 g/mol. The zero-order chi connectivity index (χ0) is 6.97. The maximum atomic E-state index is 3.88. The average molecular weight is 132 g/mol. The molecule has 1 aromatic carbocycles. The Labute approximate surface area is 58.3 Å². The molecule has 2 rings (SSSR count). The van der Waals surface area contributed by atoms with Crippen LogP contribution in [0.15, 0.2) is 18.2 Å². The van der Waals surface area contributed by atoms with Crippen molar-refractivity contribution in [2.75, 3.05) is 0 Å². The second-order valence-corrected chi connectivity index (χ2v) is 2.12. The highest BCUT2D eigenvalue weighted by Crippen LogP contribution is 2.06. The van der Waals surface area contributed by atoms with Gasteiger partial charge in [0, 0.05) is 13.1 Å². The molecule has 0 fully saturated rings. The molecule has 0 unspecified atom stereocenters. The number of benzene rings is 1. The zero-order valence-corrected chi connectivity index (χ0v) is 5.57. The van der Waals surface area contributed by atoms with Gasteiger partial charge in [-0.3, -0.25) is 0 Å². The van der Waals surface area contributed by atoms with E-state index in [9.17, 15) is 0 Å². The average Bonchev–Trinajstić information content (AvgIpc) is 2.34. The van der Waals surface area contributed by atoms with Crippen LogP contribution < -0.4 is 0 Å². The molecule has 49 valence electrons. The SMILES string of the molecule is Cn1nnc2[c]cccc21. The van der Waals surface area contributed by atoms with Crippen molar-refractivity contribution >= 4 is 11.0 Å². The first-order chi connectivity index (χ1) is 4.88. The van der Waals surface area contributed by atoms with E-state index in [1.54, 1.807) is 4.68 Å². The Morgan fingerprint density at radius 1 is 1.60 bits per heavy atom. The maximum absolute atomic E-state index is 3.88. The van der Waals surface area contributed by atoms with Gasteiger partial charge in [0.15, 0.2) is 0 Å². The number of aryl methyl sites for hydroxylation is 1. The van der Waals surface area contributed by atoms with E-state index >= 15 is 0 Å². The van der Waals surface area contributed by atoms with Gasteiger partial charge in [-0.2, -0.15) is 0 Å². The Bertz CT molecular complexity index is 350. The van der Waals surface area contributed by atoms with Crippen LogP contribution in [0, 0.1) is 6.07 Å². The van der Waals surface area contributed by atoms with Gasteiger partial charge in [0.2, 0.25) is 0 Å². The van der Waals surface area contributed by atoms with Gasteiger partial charge in [0.05, 0.1) is 5.52 Å². The Kier molecular flexibility index (Phi) is 0.974. The predicted octanol–water partition coefficient (Wildman–Crippen LogP) is 0.768. The lowest BCUT2D eigenvalue weighted by molar-refractivity contribution is 0.736. The summed E-state index contributed by atoms with van der Waals surface area (Å²) in [6.45, 7) is 0. The van der Waals surface area contributed by atoms with Crippen molar-refractivity contribution in [3.8, 4) is 0 Å². The van der Waals surface area contributed by atoms with Gasteiger partial charge in [-0.1, -0.05) is 17.3 Å². The van der Waals surface area contributed by atoms with Crippen LogP contribution in [0.4, 0.5) is 0 Å². The van der Waals surface area contributed by atoms with Gasteiger partial charge in [-0.25, -0.2) is 4.68 Å². The minimum absolute atomic E-state index is 0.824. The molecule has 0 N–H and O–H groups in total. The number of hydrogen-bond acceptors (Lipinski definition) is 2. The lowest BCUT2D eigenvalue weighted by Crippen LogP contribution is -1.88. The van der Waals surface area contributed by atoms with Crippen LogP contribution in [-0.2, 0) is 7.05 Å². The van der Waals surface area contributed by atoms with Crippen LogP contribution in [0.2, 0.25) is 0 Å². The Morgan fingerprint density at radius 2 is 2.50 bits per heavy atom. The number of rotatable bonds is 0. The normalized spacial score (nSPS) is 10.5. The topological polar surface area (TPSA) is 30.7 Å². The standard InChI is InChI=1S/C7H6N3/c1-10-7-5-3-2-4-6(7)8-9-10/h2-3,5H,1H3. The third-order valence-electron chi connectivity index (χ3n) is 1.44.